The van der Waals surface area contributed by atoms with Crippen LogP contribution in [0, 0.1) is 10.7 Å². The van der Waals surface area contributed by atoms with Gasteiger partial charge in [-0.3, -0.25) is 5.10 Å². The molecular weight excluding hydrogens is 328 g/mol. The molecule has 1 atom stereocenters. The molecule has 4 rings (SSSR count). The second-order valence-electron chi connectivity index (χ2n) is 6.38. The van der Waals surface area contributed by atoms with E-state index in [1.54, 1.807) is 4.68 Å². The Balaban J connectivity index is 1.64. The van der Waals surface area contributed by atoms with Crippen LogP contribution in [0.15, 0.2) is 59.7 Å². The number of hydrogen-bond donors (Lipinski definition) is 1. The van der Waals surface area contributed by atoms with Gasteiger partial charge in [-0.25, -0.2) is 0 Å². The Hall–Kier alpha value is -2.53. The number of hydrogen-bond acceptors (Lipinski definition) is 3. The lowest BCUT2D eigenvalue weighted by atomic mass is 9.96. The Morgan fingerprint density at radius 2 is 2.08 bits per heavy atom. The number of rotatable bonds is 4. The van der Waals surface area contributed by atoms with Crippen molar-refractivity contribution in [1.82, 2.24) is 14.9 Å². The third kappa shape index (κ3) is 3.46. The van der Waals surface area contributed by atoms with Crippen molar-refractivity contribution in [1.29, 1.82) is 0 Å². The van der Waals surface area contributed by atoms with Crippen LogP contribution in [0.3, 0.4) is 0 Å². The first-order valence-corrected chi connectivity index (χ1v) is 9.04. The summed E-state index contributed by atoms with van der Waals surface area (Å²) in [7, 11) is 0. The zero-order chi connectivity index (χ0) is 17.1. The molecule has 4 nitrogen and oxygen atoms in total. The van der Waals surface area contributed by atoms with Crippen LogP contribution in [0.25, 0.3) is 10.8 Å². The summed E-state index contributed by atoms with van der Waals surface area (Å²) in [5.41, 5.74) is 1.23. The number of aromatic nitrogens is 3. The van der Waals surface area contributed by atoms with Crippen LogP contribution in [0.2, 0.25) is 0 Å². The molecule has 0 saturated heterocycles. The molecular formula is C20H20N4S. The van der Waals surface area contributed by atoms with Gasteiger partial charge in [0.15, 0.2) is 5.82 Å². The molecule has 3 aromatic rings. The maximum Gasteiger partial charge on any atom is 0.216 e. The largest absolute Gasteiger partial charge is 0.250 e. The lowest BCUT2D eigenvalue weighted by Crippen LogP contribution is -2.07. The molecule has 0 aliphatic heterocycles. The smallest absolute Gasteiger partial charge is 0.216 e. The fourth-order valence-electron chi connectivity index (χ4n) is 3.29. The van der Waals surface area contributed by atoms with Gasteiger partial charge in [0.25, 0.3) is 0 Å². The maximum absolute atomic E-state index is 5.37. The van der Waals surface area contributed by atoms with Crippen LogP contribution in [0.4, 0.5) is 0 Å². The van der Waals surface area contributed by atoms with E-state index in [4.69, 9.17) is 12.2 Å². The molecule has 1 N–H and O–H groups in total. The Labute approximate surface area is 151 Å². The van der Waals surface area contributed by atoms with Gasteiger partial charge in [-0.2, -0.15) is 14.9 Å². The van der Waals surface area contributed by atoms with Crippen LogP contribution in [0.1, 0.15) is 30.7 Å². The summed E-state index contributed by atoms with van der Waals surface area (Å²) in [4.78, 5) is 0. The Bertz CT molecular complexity index is 991. The topological polar surface area (TPSA) is 46.0 Å². The summed E-state index contributed by atoms with van der Waals surface area (Å²) in [6, 6.07) is 14.8. The first kappa shape index (κ1) is 16.0. The fourth-order valence-corrected chi connectivity index (χ4v) is 3.49. The van der Waals surface area contributed by atoms with Crippen LogP contribution < -0.4 is 0 Å². The van der Waals surface area contributed by atoms with Crippen molar-refractivity contribution in [2.45, 2.75) is 25.7 Å². The second-order valence-corrected chi connectivity index (χ2v) is 6.77. The number of nitrogens with one attached hydrogen (secondary N) is 1. The number of allylic oxidation sites excluding steroid dienone is 2. The Morgan fingerprint density at radius 1 is 1.20 bits per heavy atom. The molecule has 0 amide bonds. The predicted molar refractivity (Wildman–Crippen MR) is 105 cm³/mol. The SMILES string of the molecule is S=c1[nH]nc(Cc2cccc3ccccc23)n1/N=C\[C@@H]1CC=CCC1. The summed E-state index contributed by atoms with van der Waals surface area (Å²) < 4.78 is 2.30. The van der Waals surface area contributed by atoms with E-state index in [2.05, 4.69) is 69.9 Å². The molecule has 0 saturated carbocycles. The molecule has 0 bridgehead atoms. The standard InChI is InChI=1S/C20H20N4S/c25-20-23-22-19(24(20)21-14-15-7-2-1-3-8-15)13-17-11-6-10-16-9-4-5-12-18(16)17/h1-2,4-6,9-12,14-15H,3,7-8,13H2,(H,23,25)/b21-14-/t15-/m1/s1. The van der Waals surface area contributed by atoms with Crippen molar-refractivity contribution in [2.75, 3.05) is 0 Å². The summed E-state index contributed by atoms with van der Waals surface area (Å²) in [5, 5.41) is 14.4. The van der Waals surface area contributed by atoms with Crippen molar-refractivity contribution in [3.8, 4) is 0 Å². The summed E-state index contributed by atoms with van der Waals surface area (Å²) in [5.74, 6) is 1.32. The van der Waals surface area contributed by atoms with Gasteiger partial charge in [0, 0.05) is 12.6 Å². The van der Waals surface area contributed by atoms with Gasteiger partial charge in [0.1, 0.15) is 0 Å². The number of fused-ring (bicyclic) bond motifs is 1. The van der Waals surface area contributed by atoms with Crippen molar-refractivity contribution >= 4 is 29.2 Å². The highest BCUT2D eigenvalue weighted by molar-refractivity contribution is 7.71. The molecule has 0 fully saturated rings. The minimum Gasteiger partial charge on any atom is -0.250 e. The van der Waals surface area contributed by atoms with Crippen LogP contribution in [0.5, 0.6) is 0 Å². The number of aromatic amines is 1. The van der Waals surface area contributed by atoms with Gasteiger partial charge < -0.3 is 0 Å². The first-order chi connectivity index (χ1) is 12.3. The zero-order valence-corrected chi connectivity index (χ0v) is 14.7. The molecule has 1 aliphatic rings. The number of nitrogens with zero attached hydrogens (tertiary/aromatic N) is 3. The van der Waals surface area contributed by atoms with E-state index in [1.165, 1.54) is 16.3 Å². The van der Waals surface area contributed by atoms with Crippen LogP contribution in [-0.4, -0.2) is 21.1 Å². The molecule has 0 spiro atoms. The average molecular weight is 348 g/mol. The van der Waals surface area contributed by atoms with Crippen molar-refractivity contribution in [3.05, 3.63) is 70.8 Å². The molecule has 1 heterocycles. The maximum atomic E-state index is 5.37. The van der Waals surface area contributed by atoms with Gasteiger partial charge in [-0.15, -0.1) is 0 Å². The molecule has 126 valence electrons. The van der Waals surface area contributed by atoms with Crippen molar-refractivity contribution in [3.63, 3.8) is 0 Å². The van der Waals surface area contributed by atoms with E-state index in [0.29, 0.717) is 17.1 Å². The molecule has 5 heteroatoms. The van der Waals surface area contributed by atoms with E-state index >= 15 is 0 Å². The Kier molecular flexibility index (Phi) is 4.57. The Morgan fingerprint density at radius 3 is 2.96 bits per heavy atom. The second kappa shape index (κ2) is 7.15. The summed E-state index contributed by atoms with van der Waals surface area (Å²) >= 11 is 5.37. The highest BCUT2D eigenvalue weighted by atomic mass is 32.1. The molecule has 0 unspecified atom stereocenters. The predicted octanol–water partition coefficient (Wildman–Crippen LogP) is 4.87. The molecule has 25 heavy (non-hydrogen) atoms. The zero-order valence-electron chi connectivity index (χ0n) is 13.9. The van der Waals surface area contributed by atoms with E-state index in [-0.39, 0.29) is 0 Å². The van der Waals surface area contributed by atoms with Crippen molar-refractivity contribution in [2.24, 2.45) is 11.0 Å². The van der Waals surface area contributed by atoms with Gasteiger partial charge in [0.05, 0.1) is 0 Å². The van der Waals surface area contributed by atoms with Gasteiger partial charge in [-0.1, -0.05) is 54.6 Å². The van der Waals surface area contributed by atoms with Gasteiger partial charge in [0.2, 0.25) is 4.77 Å². The minimum absolute atomic E-state index is 0.479. The highest BCUT2D eigenvalue weighted by Gasteiger charge is 2.11. The molecule has 1 aromatic heterocycles. The third-order valence-electron chi connectivity index (χ3n) is 4.65. The van der Waals surface area contributed by atoms with Crippen molar-refractivity contribution < 1.29 is 0 Å². The van der Waals surface area contributed by atoms with E-state index in [9.17, 15) is 0 Å². The average Bonchev–Trinajstić information content (AvgIpc) is 3.01. The number of benzene rings is 2. The first-order valence-electron chi connectivity index (χ1n) is 8.63. The quantitative estimate of drug-likeness (QED) is 0.415. The number of H-pyrrole nitrogens is 1. The minimum atomic E-state index is 0.479. The van der Waals surface area contributed by atoms with Gasteiger partial charge in [-0.05, 0) is 53.7 Å². The van der Waals surface area contributed by atoms with E-state index < -0.39 is 0 Å². The van der Waals surface area contributed by atoms with Crippen LogP contribution in [-0.2, 0) is 6.42 Å². The lowest BCUT2D eigenvalue weighted by molar-refractivity contribution is 0.620. The van der Waals surface area contributed by atoms with E-state index in [1.807, 2.05) is 6.21 Å². The normalized spacial score (nSPS) is 17.5. The monoisotopic (exact) mass is 348 g/mol. The summed E-state index contributed by atoms with van der Waals surface area (Å²) in [6.45, 7) is 0. The molecule has 0 radical (unpaired) electrons. The van der Waals surface area contributed by atoms with E-state index in [0.717, 1.165) is 25.1 Å². The molecule has 1 aliphatic carbocycles. The highest BCUT2D eigenvalue weighted by Crippen LogP contribution is 2.21. The fraction of sp³-hybridized carbons (Fsp3) is 0.250. The third-order valence-corrected chi connectivity index (χ3v) is 4.91. The molecule has 2 aromatic carbocycles. The summed E-state index contributed by atoms with van der Waals surface area (Å²) in [6.07, 6.45) is 10.5. The van der Waals surface area contributed by atoms with Crippen LogP contribution >= 0.6 is 12.2 Å². The van der Waals surface area contributed by atoms with Gasteiger partial charge >= 0.3 is 0 Å². The lowest BCUT2D eigenvalue weighted by Gasteiger charge is -2.12.